The average molecular weight is 464 g/mol. The molecule has 1 nitrogen and oxygen atoms in total. The molecule has 0 spiro atoms. The topological polar surface area (TPSA) is 12.0 Å². The third kappa shape index (κ3) is 10.2. The molecule has 1 aliphatic carbocycles. The third-order valence-corrected chi connectivity index (χ3v) is 7.50. The minimum atomic E-state index is 0.650. The van der Waals surface area contributed by atoms with Gasteiger partial charge in [-0.25, -0.2) is 0 Å². The lowest BCUT2D eigenvalue weighted by Crippen LogP contribution is -2.28. The zero-order valence-corrected chi connectivity index (χ0v) is 23.1. The van der Waals surface area contributed by atoms with Crippen LogP contribution >= 0.6 is 0 Å². The van der Waals surface area contributed by atoms with E-state index in [1.165, 1.54) is 91.7 Å². The number of unbranched alkanes of at least 4 members (excludes halogenated alkanes) is 1. The number of hydrogen-bond donors (Lipinski definition) is 1. The van der Waals surface area contributed by atoms with E-state index in [4.69, 9.17) is 0 Å². The predicted molar refractivity (Wildman–Crippen MR) is 156 cm³/mol. The second kappa shape index (κ2) is 16.7. The molecule has 2 aromatic rings. The van der Waals surface area contributed by atoms with Gasteiger partial charge in [-0.3, -0.25) is 0 Å². The Balaban J connectivity index is 0.000000374. The molecule has 190 valence electrons. The Morgan fingerprint density at radius 1 is 0.971 bits per heavy atom. The molecule has 1 N–H and O–H groups in total. The molecule has 1 atom stereocenters. The smallest absolute Gasteiger partial charge is 0.0205 e. The van der Waals surface area contributed by atoms with Gasteiger partial charge < -0.3 is 5.32 Å². The summed E-state index contributed by atoms with van der Waals surface area (Å²) in [6, 6.07) is 13.4. The summed E-state index contributed by atoms with van der Waals surface area (Å²) in [5, 5.41) is 6.21. The fourth-order valence-electron chi connectivity index (χ4n) is 5.22. The highest BCUT2D eigenvalue weighted by atomic mass is 14.8. The van der Waals surface area contributed by atoms with Crippen molar-refractivity contribution in [2.45, 2.75) is 105 Å². The average Bonchev–Trinajstić information content (AvgIpc) is 2.82. The minimum absolute atomic E-state index is 0.650. The summed E-state index contributed by atoms with van der Waals surface area (Å²) in [5.74, 6) is 0.650. The van der Waals surface area contributed by atoms with Crippen molar-refractivity contribution in [3.8, 4) is 0 Å². The Kier molecular flexibility index (Phi) is 14.8. The van der Waals surface area contributed by atoms with Crippen molar-refractivity contribution < 1.29 is 0 Å². The highest BCUT2D eigenvalue weighted by molar-refractivity contribution is 5.83. The largest absolute Gasteiger partial charge is 0.313 e. The number of fused-ring (bicyclic) bond motifs is 1. The molecule has 3 rings (SSSR count). The fourth-order valence-corrected chi connectivity index (χ4v) is 5.22. The second-order valence-corrected chi connectivity index (χ2v) is 10.3. The molecule has 0 saturated heterocycles. The quantitative estimate of drug-likeness (QED) is 0.244. The van der Waals surface area contributed by atoms with Crippen LogP contribution in [0.4, 0.5) is 0 Å². The van der Waals surface area contributed by atoms with Crippen molar-refractivity contribution in [2.75, 3.05) is 6.54 Å². The Morgan fingerprint density at radius 2 is 1.65 bits per heavy atom. The summed E-state index contributed by atoms with van der Waals surface area (Å²) in [7, 11) is 0. The van der Waals surface area contributed by atoms with E-state index in [1.807, 2.05) is 0 Å². The van der Waals surface area contributed by atoms with E-state index in [1.54, 1.807) is 0 Å². The number of nitrogens with one attached hydrogen (secondary N) is 1. The van der Waals surface area contributed by atoms with Crippen LogP contribution in [0.1, 0.15) is 103 Å². The van der Waals surface area contributed by atoms with E-state index in [0.29, 0.717) is 5.92 Å². The van der Waals surface area contributed by atoms with E-state index in [2.05, 4.69) is 96.1 Å². The maximum absolute atomic E-state index is 4.08. The van der Waals surface area contributed by atoms with E-state index >= 15 is 0 Å². The van der Waals surface area contributed by atoms with Crippen LogP contribution in [0.5, 0.6) is 0 Å². The molecule has 1 saturated carbocycles. The van der Waals surface area contributed by atoms with Crippen molar-refractivity contribution >= 4 is 10.8 Å². The number of hydrogen-bond acceptors (Lipinski definition) is 1. The van der Waals surface area contributed by atoms with Gasteiger partial charge in [0.15, 0.2) is 0 Å². The van der Waals surface area contributed by atoms with Gasteiger partial charge in [0.05, 0.1) is 0 Å². The van der Waals surface area contributed by atoms with Crippen LogP contribution in [0, 0.1) is 18.3 Å². The van der Waals surface area contributed by atoms with E-state index in [-0.39, 0.29) is 0 Å². The van der Waals surface area contributed by atoms with E-state index in [9.17, 15) is 0 Å². The molecule has 0 radical (unpaired) electrons. The van der Waals surface area contributed by atoms with Crippen LogP contribution in [0.15, 0.2) is 61.7 Å². The van der Waals surface area contributed by atoms with E-state index < -0.39 is 0 Å². The van der Waals surface area contributed by atoms with Gasteiger partial charge in [0.25, 0.3) is 0 Å². The number of rotatable bonds is 12. The van der Waals surface area contributed by atoms with Crippen LogP contribution < -0.4 is 5.32 Å². The number of allylic oxidation sites excluding steroid dienone is 1. The Hall–Kier alpha value is -1.86. The fraction of sp³-hybridized carbons (Fsp3) is 0.576. The van der Waals surface area contributed by atoms with Crippen LogP contribution in [-0.2, 0) is 6.54 Å². The zero-order valence-electron chi connectivity index (χ0n) is 23.1. The highest BCUT2D eigenvalue weighted by Crippen LogP contribution is 2.48. The van der Waals surface area contributed by atoms with Crippen LogP contribution in [0.3, 0.4) is 0 Å². The third-order valence-electron chi connectivity index (χ3n) is 7.50. The molecular weight excluding hydrogens is 410 g/mol. The summed E-state index contributed by atoms with van der Waals surface area (Å²) in [6.07, 6.45) is 14.2. The molecule has 0 aliphatic heterocycles. The standard InChI is InChI=1S/C20H27N.C11H22.C2H4/c1-5-18(15(2)3)10-11-21-14-17-7-9-19-12-16(4)6-8-20(19)13-17;1-3-5-8-11(7-4-2)9-6-10-11;1-2/h6-9,12-13,18,21H,2,5,10-11,14H2,1,3-4H3;3-10H2,1-2H3;1-2H2. The Morgan fingerprint density at radius 3 is 2.21 bits per heavy atom. The first-order valence-corrected chi connectivity index (χ1v) is 13.8. The second-order valence-electron chi connectivity index (χ2n) is 10.3. The molecule has 0 bridgehead atoms. The summed E-state index contributed by atoms with van der Waals surface area (Å²) in [6.45, 7) is 23.2. The Labute approximate surface area is 212 Å². The lowest BCUT2D eigenvalue weighted by atomic mass is 9.63. The van der Waals surface area contributed by atoms with Crippen molar-refractivity contribution in [3.63, 3.8) is 0 Å². The van der Waals surface area contributed by atoms with Crippen molar-refractivity contribution in [2.24, 2.45) is 11.3 Å². The summed E-state index contributed by atoms with van der Waals surface area (Å²) < 4.78 is 0. The van der Waals surface area contributed by atoms with Gasteiger partial charge in [-0.2, -0.15) is 0 Å². The maximum Gasteiger partial charge on any atom is 0.0205 e. The van der Waals surface area contributed by atoms with Gasteiger partial charge in [0.1, 0.15) is 0 Å². The predicted octanol–water partition coefficient (Wildman–Crippen LogP) is 10.2. The molecule has 1 heteroatoms. The lowest BCUT2D eigenvalue weighted by Gasteiger charge is -2.42. The summed E-state index contributed by atoms with van der Waals surface area (Å²) >= 11 is 0. The Bertz CT molecular complexity index is 830. The monoisotopic (exact) mass is 463 g/mol. The molecule has 34 heavy (non-hydrogen) atoms. The first kappa shape index (κ1) is 30.2. The van der Waals surface area contributed by atoms with Gasteiger partial charge in [0, 0.05) is 6.54 Å². The molecule has 1 aliphatic rings. The van der Waals surface area contributed by atoms with Gasteiger partial charge in [-0.05, 0) is 92.7 Å². The lowest BCUT2D eigenvalue weighted by molar-refractivity contribution is 0.102. The van der Waals surface area contributed by atoms with Crippen LogP contribution in [0.2, 0.25) is 0 Å². The molecule has 0 aromatic heterocycles. The van der Waals surface area contributed by atoms with Crippen LogP contribution in [-0.4, -0.2) is 6.54 Å². The SMILES string of the molecule is C=C.C=C(C)C(CC)CCNCc1ccc2cc(C)ccc2c1.CCCCC1(CCC)CCC1. The first-order valence-electron chi connectivity index (χ1n) is 13.8. The van der Waals surface area contributed by atoms with Gasteiger partial charge in [-0.1, -0.05) is 94.5 Å². The van der Waals surface area contributed by atoms with Crippen LogP contribution in [0.25, 0.3) is 10.8 Å². The number of aryl methyl sites for hydroxylation is 1. The van der Waals surface area contributed by atoms with E-state index in [0.717, 1.165) is 18.5 Å². The minimum Gasteiger partial charge on any atom is -0.313 e. The first-order chi connectivity index (χ1) is 16.4. The van der Waals surface area contributed by atoms with Crippen molar-refractivity contribution in [3.05, 3.63) is 72.8 Å². The molecule has 2 aromatic carbocycles. The summed E-state index contributed by atoms with van der Waals surface area (Å²) in [5.41, 5.74) is 4.80. The normalized spacial score (nSPS) is 14.7. The molecule has 1 fully saturated rings. The highest BCUT2D eigenvalue weighted by Gasteiger charge is 2.34. The van der Waals surface area contributed by atoms with Gasteiger partial charge in [-0.15, -0.1) is 13.2 Å². The number of benzene rings is 2. The molecule has 1 unspecified atom stereocenters. The molecule has 0 amide bonds. The summed E-state index contributed by atoms with van der Waals surface area (Å²) in [4.78, 5) is 0. The molecule has 0 heterocycles. The molecular formula is C33H53N. The van der Waals surface area contributed by atoms with Gasteiger partial charge in [0.2, 0.25) is 0 Å². The van der Waals surface area contributed by atoms with Crippen molar-refractivity contribution in [1.29, 1.82) is 0 Å². The zero-order chi connectivity index (χ0) is 25.4. The van der Waals surface area contributed by atoms with Crippen molar-refractivity contribution in [1.82, 2.24) is 5.32 Å². The maximum atomic E-state index is 4.08. The van der Waals surface area contributed by atoms with Gasteiger partial charge >= 0.3 is 0 Å².